The smallest absolute Gasteiger partial charge is 0.302 e. The quantitative estimate of drug-likeness (QED) is 0.458. The molecule has 0 aliphatic rings. The first-order chi connectivity index (χ1) is 7.52. The van der Waals surface area contributed by atoms with E-state index in [1.54, 1.807) is 0 Å². The molecule has 4 nitrogen and oxygen atoms in total. The molecule has 0 radical (unpaired) electrons. The van der Waals surface area contributed by atoms with E-state index in [4.69, 9.17) is 4.74 Å². The average Bonchev–Trinajstić information content (AvgIpc) is 2.16. The molecule has 0 aromatic carbocycles. The molecule has 0 aromatic rings. The fourth-order valence-electron chi connectivity index (χ4n) is 1.24. The lowest BCUT2D eigenvalue weighted by atomic mass is 10.3. The highest BCUT2D eigenvalue weighted by molar-refractivity contribution is 5.65. The fraction of sp³-hybridized carbons (Fsp3) is 0.750. The van der Waals surface area contributed by atoms with Crippen molar-refractivity contribution in [3.05, 3.63) is 12.2 Å². The number of ether oxygens (including phenoxy) is 1. The number of rotatable bonds is 8. The Morgan fingerprint density at radius 2 is 1.88 bits per heavy atom. The molecular formula is C12H24N2O2. The predicted molar refractivity (Wildman–Crippen MR) is 66.4 cm³/mol. The molecule has 0 heterocycles. The van der Waals surface area contributed by atoms with Gasteiger partial charge in [0, 0.05) is 13.5 Å². The van der Waals surface area contributed by atoms with Crippen molar-refractivity contribution >= 4 is 5.97 Å². The summed E-state index contributed by atoms with van der Waals surface area (Å²) in [6.07, 6.45) is 5.07. The molecule has 0 unspecified atom stereocenters. The van der Waals surface area contributed by atoms with Crippen molar-refractivity contribution in [1.82, 2.24) is 9.80 Å². The topological polar surface area (TPSA) is 32.8 Å². The van der Waals surface area contributed by atoms with Crippen LogP contribution in [0.4, 0.5) is 0 Å². The molecule has 4 heteroatoms. The van der Waals surface area contributed by atoms with Gasteiger partial charge in [0.25, 0.3) is 0 Å². The van der Waals surface area contributed by atoms with Gasteiger partial charge in [-0.2, -0.15) is 0 Å². The summed E-state index contributed by atoms with van der Waals surface area (Å²) in [4.78, 5) is 14.9. The molecule has 0 bridgehead atoms. The standard InChI is InChI=1S/C12H24N2O2/c1-12(15)16-11-6-5-9-14(4)10-7-8-13(2)3/h5-6H,7-11H2,1-4H3. The van der Waals surface area contributed by atoms with Crippen molar-refractivity contribution in [2.75, 3.05) is 47.4 Å². The highest BCUT2D eigenvalue weighted by atomic mass is 16.5. The third-order valence-corrected chi connectivity index (χ3v) is 2.11. The number of hydrogen-bond donors (Lipinski definition) is 0. The Balaban J connectivity index is 3.42. The molecule has 0 spiro atoms. The van der Waals surface area contributed by atoms with Gasteiger partial charge in [-0.15, -0.1) is 0 Å². The molecule has 0 saturated carbocycles. The predicted octanol–water partition coefficient (Wildman–Crippen LogP) is 0.989. The largest absolute Gasteiger partial charge is 0.462 e. The number of nitrogens with zero attached hydrogens (tertiary/aromatic N) is 2. The van der Waals surface area contributed by atoms with E-state index in [1.165, 1.54) is 13.3 Å². The zero-order valence-corrected chi connectivity index (χ0v) is 10.9. The van der Waals surface area contributed by atoms with Crippen molar-refractivity contribution in [2.45, 2.75) is 13.3 Å². The molecule has 0 aliphatic heterocycles. The summed E-state index contributed by atoms with van der Waals surface area (Å²) >= 11 is 0. The number of likely N-dealkylation sites (N-methyl/N-ethyl adjacent to an activating group) is 1. The molecule has 0 aliphatic carbocycles. The SMILES string of the molecule is CC(=O)OCC=CCN(C)CCCN(C)C. The molecular weight excluding hydrogens is 204 g/mol. The first-order valence-electron chi connectivity index (χ1n) is 5.64. The van der Waals surface area contributed by atoms with E-state index in [9.17, 15) is 4.79 Å². The van der Waals surface area contributed by atoms with Gasteiger partial charge in [-0.25, -0.2) is 0 Å². The minimum atomic E-state index is -0.232. The first-order valence-corrected chi connectivity index (χ1v) is 5.64. The maximum atomic E-state index is 10.5. The van der Waals surface area contributed by atoms with Crippen LogP contribution in [-0.4, -0.2) is 63.2 Å². The van der Waals surface area contributed by atoms with Crippen molar-refractivity contribution in [1.29, 1.82) is 0 Å². The van der Waals surface area contributed by atoms with E-state index in [1.807, 2.05) is 12.2 Å². The van der Waals surface area contributed by atoms with Crippen molar-refractivity contribution in [3.63, 3.8) is 0 Å². The van der Waals surface area contributed by atoms with Crippen LogP contribution in [0.25, 0.3) is 0 Å². The van der Waals surface area contributed by atoms with Gasteiger partial charge in [-0.3, -0.25) is 4.79 Å². The number of esters is 1. The molecule has 0 amide bonds. The van der Waals surface area contributed by atoms with Crippen LogP contribution < -0.4 is 0 Å². The molecule has 0 aromatic heterocycles. The molecule has 0 atom stereocenters. The Kier molecular flexibility index (Phi) is 8.85. The van der Waals surface area contributed by atoms with Crippen LogP contribution in [0, 0.1) is 0 Å². The lowest BCUT2D eigenvalue weighted by Gasteiger charge is -2.16. The van der Waals surface area contributed by atoms with Crippen LogP contribution in [0.3, 0.4) is 0 Å². The number of carbonyl (C=O) groups excluding carboxylic acids is 1. The lowest BCUT2D eigenvalue weighted by molar-refractivity contribution is -0.139. The summed E-state index contributed by atoms with van der Waals surface area (Å²) < 4.78 is 4.79. The number of carbonyl (C=O) groups is 1. The Morgan fingerprint density at radius 3 is 2.44 bits per heavy atom. The molecule has 16 heavy (non-hydrogen) atoms. The van der Waals surface area contributed by atoms with E-state index in [-0.39, 0.29) is 5.97 Å². The van der Waals surface area contributed by atoms with Crippen molar-refractivity contribution in [3.8, 4) is 0 Å². The molecule has 0 rings (SSSR count). The van der Waals surface area contributed by atoms with Crippen LogP contribution in [0.2, 0.25) is 0 Å². The van der Waals surface area contributed by atoms with Crippen LogP contribution in [0.15, 0.2) is 12.2 Å². The second-order valence-corrected chi connectivity index (χ2v) is 4.19. The van der Waals surface area contributed by atoms with Crippen molar-refractivity contribution < 1.29 is 9.53 Å². The van der Waals surface area contributed by atoms with Gasteiger partial charge in [-0.05, 0) is 46.7 Å². The van der Waals surface area contributed by atoms with Crippen LogP contribution in [0.5, 0.6) is 0 Å². The maximum absolute atomic E-state index is 10.5. The van der Waals surface area contributed by atoms with Gasteiger partial charge in [0.1, 0.15) is 6.61 Å². The average molecular weight is 228 g/mol. The first kappa shape index (κ1) is 15.1. The van der Waals surface area contributed by atoms with Gasteiger partial charge < -0.3 is 14.5 Å². The summed E-state index contributed by atoms with van der Waals surface area (Å²) in [7, 11) is 6.25. The van der Waals surface area contributed by atoms with E-state index < -0.39 is 0 Å². The second-order valence-electron chi connectivity index (χ2n) is 4.19. The van der Waals surface area contributed by atoms with E-state index >= 15 is 0 Å². The van der Waals surface area contributed by atoms with Crippen LogP contribution in [-0.2, 0) is 9.53 Å². The van der Waals surface area contributed by atoms with Gasteiger partial charge in [0.15, 0.2) is 0 Å². The second kappa shape index (κ2) is 9.36. The zero-order valence-electron chi connectivity index (χ0n) is 10.9. The Hall–Kier alpha value is -0.870. The van der Waals surface area contributed by atoms with E-state index in [2.05, 4.69) is 30.9 Å². The minimum absolute atomic E-state index is 0.232. The Bertz CT molecular complexity index is 215. The van der Waals surface area contributed by atoms with E-state index in [0.717, 1.165) is 19.6 Å². The van der Waals surface area contributed by atoms with Crippen molar-refractivity contribution in [2.24, 2.45) is 0 Å². The summed E-state index contributed by atoms with van der Waals surface area (Å²) in [5, 5.41) is 0. The maximum Gasteiger partial charge on any atom is 0.302 e. The van der Waals surface area contributed by atoms with Crippen LogP contribution >= 0.6 is 0 Å². The number of hydrogen-bond acceptors (Lipinski definition) is 4. The van der Waals surface area contributed by atoms with Gasteiger partial charge in [-0.1, -0.05) is 6.08 Å². The Morgan fingerprint density at radius 1 is 1.19 bits per heavy atom. The normalized spacial score (nSPS) is 11.6. The van der Waals surface area contributed by atoms with Crippen LogP contribution in [0.1, 0.15) is 13.3 Å². The molecule has 0 N–H and O–H groups in total. The third kappa shape index (κ3) is 11.2. The third-order valence-electron chi connectivity index (χ3n) is 2.11. The lowest BCUT2D eigenvalue weighted by Crippen LogP contribution is -2.23. The van der Waals surface area contributed by atoms with E-state index in [0.29, 0.717) is 6.61 Å². The summed E-state index contributed by atoms with van der Waals surface area (Å²) in [6, 6.07) is 0. The molecule has 0 saturated heterocycles. The Labute approximate surface area is 98.9 Å². The summed E-state index contributed by atoms with van der Waals surface area (Å²) in [6.45, 7) is 4.88. The fourth-order valence-corrected chi connectivity index (χ4v) is 1.24. The minimum Gasteiger partial charge on any atom is -0.462 e. The monoisotopic (exact) mass is 228 g/mol. The van der Waals surface area contributed by atoms with Gasteiger partial charge in [0.05, 0.1) is 0 Å². The molecule has 94 valence electrons. The molecule has 0 fully saturated rings. The highest BCUT2D eigenvalue weighted by Gasteiger charge is 1.96. The van der Waals surface area contributed by atoms with Gasteiger partial charge >= 0.3 is 5.97 Å². The summed E-state index contributed by atoms with van der Waals surface area (Å²) in [5.41, 5.74) is 0. The zero-order chi connectivity index (χ0) is 12.4. The highest BCUT2D eigenvalue weighted by Crippen LogP contribution is 1.90. The summed E-state index contributed by atoms with van der Waals surface area (Å²) in [5.74, 6) is -0.232. The van der Waals surface area contributed by atoms with Gasteiger partial charge in [0.2, 0.25) is 0 Å².